The maximum atomic E-state index is 5.95. The van der Waals surface area contributed by atoms with Gasteiger partial charge < -0.3 is 9.84 Å². The van der Waals surface area contributed by atoms with Crippen molar-refractivity contribution in [3.8, 4) is 0 Å². The molecule has 0 saturated heterocycles. The molecule has 2 aromatic rings. The minimum atomic E-state index is 0.658. The summed E-state index contributed by atoms with van der Waals surface area (Å²) in [5.41, 5.74) is 0. The number of hydrogen-bond donors (Lipinski definition) is 1. The van der Waals surface area contributed by atoms with E-state index in [-0.39, 0.29) is 0 Å². The number of thioether (sulfide) groups is 1. The first-order valence-corrected chi connectivity index (χ1v) is 8.06. The molecule has 1 N–H and O–H groups in total. The van der Waals surface area contributed by atoms with Crippen molar-refractivity contribution < 1.29 is 4.52 Å². The average molecular weight is 310 g/mol. The molecule has 1 aliphatic rings. The van der Waals surface area contributed by atoms with E-state index < -0.39 is 0 Å². The van der Waals surface area contributed by atoms with E-state index in [1.165, 1.54) is 12.8 Å². The van der Waals surface area contributed by atoms with Crippen molar-refractivity contribution in [2.45, 2.75) is 30.0 Å². The highest BCUT2D eigenvalue weighted by molar-refractivity contribution is 7.98. The van der Waals surface area contributed by atoms with Gasteiger partial charge in [-0.1, -0.05) is 22.8 Å². The lowest BCUT2D eigenvalue weighted by atomic mass is 10.4. The van der Waals surface area contributed by atoms with Crippen LogP contribution >= 0.6 is 23.4 Å². The van der Waals surface area contributed by atoms with Gasteiger partial charge in [-0.25, -0.2) is 0 Å². The summed E-state index contributed by atoms with van der Waals surface area (Å²) in [6.45, 7) is 1.71. The van der Waals surface area contributed by atoms with Crippen LogP contribution in [0.5, 0.6) is 0 Å². The Morgan fingerprint density at radius 3 is 3.10 bits per heavy atom. The van der Waals surface area contributed by atoms with Gasteiger partial charge in [0.1, 0.15) is 0 Å². The molecular weight excluding hydrogens is 294 g/mol. The predicted octanol–water partition coefficient (Wildman–Crippen LogP) is 3.51. The largest absolute Gasteiger partial charge is 0.338 e. The van der Waals surface area contributed by atoms with E-state index in [1.54, 1.807) is 11.8 Å². The van der Waals surface area contributed by atoms with Crippen molar-refractivity contribution in [3.63, 3.8) is 0 Å². The van der Waals surface area contributed by atoms with Crippen LogP contribution < -0.4 is 5.32 Å². The molecule has 106 valence electrons. The van der Waals surface area contributed by atoms with Crippen molar-refractivity contribution in [1.82, 2.24) is 15.5 Å². The van der Waals surface area contributed by atoms with Gasteiger partial charge in [-0.2, -0.15) is 4.98 Å². The Kier molecular flexibility index (Phi) is 4.60. The molecule has 0 spiro atoms. The topological polar surface area (TPSA) is 51.0 Å². The van der Waals surface area contributed by atoms with Crippen molar-refractivity contribution in [1.29, 1.82) is 0 Å². The highest BCUT2D eigenvalue weighted by Crippen LogP contribution is 2.27. The zero-order valence-corrected chi connectivity index (χ0v) is 12.6. The van der Waals surface area contributed by atoms with E-state index in [0.717, 1.165) is 28.2 Å². The van der Waals surface area contributed by atoms with E-state index in [2.05, 4.69) is 15.5 Å². The normalized spacial score (nSPS) is 14.7. The second-order valence-corrected chi connectivity index (χ2v) is 6.41. The van der Waals surface area contributed by atoms with Crippen LogP contribution in [0.3, 0.4) is 0 Å². The molecule has 1 saturated carbocycles. The summed E-state index contributed by atoms with van der Waals surface area (Å²) in [6, 6.07) is 7.76. The summed E-state index contributed by atoms with van der Waals surface area (Å²) in [6.07, 6.45) is 2.69. The highest BCUT2D eigenvalue weighted by Gasteiger charge is 2.20. The Hall–Kier alpha value is -1.04. The van der Waals surface area contributed by atoms with Crippen LogP contribution in [-0.2, 0) is 12.3 Å². The molecule has 0 radical (unpaired) electrons. The molecule has 20 heavy (non-hydrogen) atoms. The van der Waals surface area contributed by atoms with Crippen molar-refractivity contribution in [2.24, 2.45) is 5.92 Å². The van der Waals surface area contributed by atoms with Crippen LogP contribution in [0.4, 0.5) is 0 Å². The molecule has 0 bridgehead atoms. The molecular formula is C14H16ClN3OS. The fourth-order valence-electron chi connectivity index (χ4n) is 1.83. The van der Waals surface area contributed by atoms with Crippen LogP contribution in [0.1, 0.15) is 24.6 Å². The summed E-state index contributed by atoms with van der Waals surface area (Å²) in [7, 11) is 0. The van der Waals surface area contributed by atoms with E-state index >= 15 is 0 Å². The zero-order valence-electron chi connectivity index (χ0n) is 11.0. The van der Waals surface area contributed by atoms with Crippen molar-refractivity contribution >= 4 is 23.4 Å². The molecule has 0 atom stereocenters. The maximum absolute atomic E-state index is 5.95. The molecule has 1 aliphatic carbocycles. The molecule has 1 aromatic carbocycles. The predicted molar refractivity (Wildman–Crippen MR) is 79.7 cm³/mol. The molecule has 3 rings (SSSR count). The van der Waals surface area contributed by atoms with Crippen LogP contribution in [-0.4, -0.2) is 16.7 Å². The molecule has 1 aromatic heterocycles. The summed E-state index contributed by atoms with van der Waals surface area (Å²) < 4.78 is 5.22. The second kappa shape index (κ2) is 6.61. The number of nitrogens with zero attached hydrogens (tertiary/aromatic N) is 2. The standard InChI is InChI=1S/C14H16ClN3OS/c15-11-2-1-3-12(6-11)20-9-13-17-14(19-18-13)8-16-7-10-4-5-10/h1-3,6,10,16H,4-5,7-9H2. The Bertz CT molecular complexity index is 571. The van der Waals surface area contributed by atoms with Gasteiger partial charge in [-0.15, -0.1) is 11.8 Å². The average Bonchev–Trinajstić information content (AvgIpc) is 3.15. The summed E-state index contributed by atoms with van der Waals surface area (Å²) in [5.74, 6) is 2.92. The fourth-order valence-corrected chi connectivity index (χ4v) is 2.88. The smallest absolute Gasteiger partial charge is 0.240 e. The third kappa shape index (κ3) is 4.23. The number of benzene rings is 1. The summed E-state index contributed by atoms with van der Waals surface area (Å²) >= 11 is 7.60. The zero-order chi connectivity index (χ0) is 13.8. The first-order chi connectivity index (χ1) is 9.79. The van der Waals surface area contributed by atoms with Gasteiger partial charge in [-0.05, 0) is 43.5 Å². The van der Waals surface area contributed by atoms with Gasteiger partial charge in [0.05, 0.1) is 12.3 Å². The number of hydrogen-bond acceptors (Lipinski definition) is 5. The molecule has 6 heteroatoms. The summed E-state index contributed by atoms with van der Waals surface area (Å²) in [4.78, 5) is 5.48. The van der Waals surface area contributed by atoms with E-state index in [9.17, 15) is 0 Å². The Labute approximate surface area is 127 Å². The molecule has 4 nitrogen and oxygen atoms in total. The Balaban J connectivity index is 1.46. The van der Waals surface area contributed by atoms with Crippen molar-refractivity contribution in [2.75, 3.05) is 6.54 Å². The first kappa shape index (κ1) is 13.9. The number of nitrogens with one attached hydrogen (secondary N) is 1. The minimum Gasteiger partial charge on any atom is -0.338 e. The van der Waals surface area contributed by atoms with Crippen LogP contribution in [0.25, 0.3) is 0 Å². The third-order valence-corrected chi connectivity index (χ3v) is 4.31. The molecule has 1 heterocycles. The highest BCUT2D eigenvalue weighted by atomic mass is 35.5. The Morgan fingerprint density at radius 2 is 2.30 bits per heavy atom. The van der Waals surface area contributed by atoms with Gasteiger partial charge in [0.25, 0.3) is 0 Å². The molecule has 0 amide bonds. The maximum Gasteiger partial charge on any atom is 0.240 e. The van der Waals surface area contributed by atoms with Gasteiger partial charge in [0.15, 0.2) is 5.82 Å². The summed E-state index contributed by atoms with van der Waals surface area (Å²) in [5, 5.41) is 8.07. The van der Waals surface area contributed by atoms with Crippen LogP contribution in [0.15, 0.2) is 33.7 Å². The van der Waals surface area contributed by atoms with Crippen LogP contribution in [0.2, 0.25) is 5.02 Å². The lowest BCUT2D eigenvalue weighted by molar-refractivity contribution is 0.363. The number of rotatable bonds is 7. The van der Waals surface area contributed by atoms with E-state index in [1.807, 2.05) is 24.3 Å². The van der Waals surface area contributed by atoms with Gasteiger partial charge in [-0.3, -0.25) is 0 Å². The molecule has 0 aliphatic heterocycles. The third-order valence-electron chi connectivity index (χ3n) is 3.08. The molecule has 1 fully saturated rings. The van der Waals surface area contributed by atoms with Crippen molar-refractivity contribution in [3.05, 3.63) is 41.0 Å². The molecule has 0 unspecified atom stereocenters. The number of aromatic nitrogens is 2. The fraction of sp³-hybridized carbons (Fsp3) is 0.429. The monoisotopic (exact) mass is 309 g/mol. The second-order valence-electron chi connectivity index (χ2n) is 4.92. The number of halogens is 1. The minimum absolute atomic E-state index is 0.658. The van der Waals surface area contributed by atoms with E-state index in [0.29, 0.717) is 18.2 Å². The Morgan fingerprint density at radius 1 is 1.40 bits per heavy atom. The van der Waals surface area contributed by atoms with Gasteiger partial charge in [0, 0.05) is 9.92 Å². The first-order valence-electron chi connectivity index (χ1n) is 6.70. The van der Waals surface area contributed by atoms with Crippen LogP contribution in [0, 0.1) is 5.92 Å². The quantitative estimate of drug-likeness (QED) is 0.793. The lowest BCUT2D eigenvalue weighted by Gasteiger charge is -1.98. The van der Waals surface area contributed by atoms with E-state index in [4.69, 9.17) is 16.1 Å². The SMILES string of the molecule is Clc1cccc(SCc2noc(CNCC3CC3)n2)c1. The van der Waals surface area contributed by atoms with Gasteiger partial charge in [0.2, 0.25) is 5.89 Å². The lowest BCUT2D eigenvalue weighted by Crippen LogP contribution is -2.16. The van der Waals surface area contributed by atoms with Gasteiger partial charge >= 0.3 is 0 Å².